The van der Waals surface area contributed by atoms with E-state index in [2.05, 4.69) is 10.6 Å². The highest BCUT2D eigenvalue weighted by Crippen LogP contribution is 2.08. The number of halogens is 1. The van der Waals surface area contributed by atoms with Crippen LogP contribution >= 0.6 is 0 Å². The summed E-state index contributed by atoms with van der Waals surface area (Å²) in [6.07, 6.45) is 0. The van der Waals surface area contributed by atoms with E-state index in [4.69, 9.17) is 5.11 Å². The molecule has 1 rings (SSSR count). The number of carbonyl (C=O) groups excluding carboxylic acids is 2. The average Bonchev–Trinajstić information content (AvgIpc) is 2.36. The van der Waals surface area contributed by atoms with E-state index < -0.39 is 30.1 Å². The largest absolute Gasteiger partial charge is 0.480 e. The van der Waals surface area contributed by atoms with Crippen molar-refractivity contribution < 1.29 is 23.9 Å². The number of benzene rings is 1. The molecule has 0 spiro atoms. The fourth-order valence-corrected chi connectivity index (χ4v) is 1.23. The van der Waals surface area contributed by atoms with Gasteiger partial charge in [0, 0.05) is 5.56 Å². The molecule has 102 valence electrons. The van der Waals surface area contributed by atoms with Gasteiger partial charge in [-0.05, 0) is 24.6 Å². The highest BCUT2D eigenvalue weighted by Gasteiger charge is 2.10. The molecule has 19 heavy (non-hydrogen) atoms. The number of hydrogen-bond acceptors (Lipinski definition) is 3. The molecule has 7 heteroatoms. The van der Waals surface area contributed by atoms with Gasteiger partial charge in [-0.1, -0.05) is 6.07 Å². The first-order valence-electron chi connectivity index (χ1n) is 5.43. The normalized spacial score (nSPS) is 9.79. The third-order valence-corrected chi connectivity index (χ3v) is 2.28. The van der Waals surface area contributed by atoms with Crippen molar-refractivity contribution in [3.8, 4) is 0 Å². The molecule has 1 aromatic rings. The molecule has 0 aromatic heterocycles. The molecule has 0 fully saturated rings. The van der Waals surface area contributed by atoms with Gasteiger partial charge in [-0.3, -0.25) is 14.4 Å². The predicted molar refractivity (Wildman–Crippen MR) is 64.1 cm³/mol. The van der Waals surface area contributed by atoms with Gasteiger partial charge in [0.05, 0.1) is 6.54 Å². The van der Waals surface area contributed by atoms with Gasteiger partial charge in [-0.15, -0.1) is 0 Å². The lowest BCUT2D eigenvalue weighted by atomic mass is 10.1. The Balaban J connectivity index is 2.49. The molecule has 0 bridgehead atoms. The number of rotatable bonds is 5. The summed E-state index contributed by atoms with van der Waals surface area (Å²) >= 11 is 0. The highest BCUT2D eigenvalue weighted by molar-refractivity contribution is 5.96. The predicted octanol–water partition coefficient (Wildman–Crippen LogP) is 0.0647. The van der Waals surface area contributed by atoms with Crippen molar-refractivity contribution in [2.45, 2.75) is 6.92 Å². The lowest BCUT2D eigenvalue weighted by Crippen LogP contribution is -2.39. The third-order valence-electron chi connectivity index (χ3n) is 2.28. The zero-order valence-corrected chi connectivity index (χ0v) is 10.2. The van der Waals surface area contributed by atoms with Crippen molar-refractivity contribution >= 4 is 17.8 Å². The van der Waals surface area contributed by atoms with Gasteiger partial charge >= 0.3 is 5.97 Å². The minimum absolute atomic E-state index is 0.0918. The van der Waals surface area contributed by atoms with E-state index in [9.17, 15) is 18.8 Å². The number of aliphatic carboxylic acids is 1. The molecular formula is C12H13FN2O4. The summed E-state index contributed by atoms with van der Waals surface area (Å²) in [6.45, 7) is 0.672. The van der Waals surface area contributed by atoms with Crippen LogP contribution in [0.5, 0.6) is 0 Å². The molecule has 2 amide bonds. The van der Waals surface area contributed by atoms with Crippen LogP contribution < -0.4 is 10.6 Å². The summed E-state index contributed by atoms with van der Waals surface area (Å²) < 4.78 is 13.2. The van der Waals surface area contributed by atoms with Crippen molar-refractivity contribution in [3.63, 3.8) is 0 Å². The van der Waals surface area contributed by atoms with Crippen molar-refractivity contribution in [2.75, 3.05) is 13.1 Å². The van der Waals surface area contributed by atoms with E-state index in [0.29, 0.717) is 5.56 Å². The first-order chi connectivity index (χ1) is 8.90. The molecule has 0 aliphatic heterocycles. The van der Waals surface area contributed by atoms with Crippen LogP contribution in [-0.2, 0) is 9.59 Å². The van der Waals surface area contributed by atoms with Crippen LogP contribution in [0.3, 0.4) is 0 Å². The Morgan fingerprint density at radius 2 is 1.89 bits per heavy atom. The summed E-state index contributed by atoms with van der Waals surface area (Å²) in [5.74, 6) is -2.93. The standard InChI is InChI=1S/C12H13FN2O4/c1-7-2-3-8(4-9(7)13)12(19)15-5-10(16)14-6-11(17)18/h2-4H,5-6H2,1H3,(H,14,16)(H,15,19)(H,17,18). The van der Waals surface area contributed by atoms with Crippen LogP contribution in [0.15, 0.2) is 18.2 Å². The second-order valence-corrected chi connectivity index (χ2v) is 3.82. The molecule has 0 unspecified atom stereocenters. The summed E-state index contributed by atoms with van der Waals surface area (Å²) in [7, 11) is 0. The number of hydrogen-bond donors (Lipinski definition) is 3. The molecule has 0 radical (unpaired) electrons. The van der Waals surface area contributed by atoms with Crippen LogP contribution in [0.25, 0.3) is 0 Å². The number of carboxylic acid groups (broad SMARTS) is 1. The van der Waals surface area contributed by atoms with Crippen molar-refractivity contribution in [1.82, 2.24) is 10.6 Å². The second-order valence-electron chi connectivity index (χ2n) is 3.82. The Morgan fingerprint density at radius 1 is 1.21 bits per heavy atom. The van der Waals surface area contributed by atoms with E-state index in [1.807, 2.05) is 0 Å². The van der Waals surface area contributed by atoms with Gasteiger partial charge in [0.25, 0.3) is 5.91 Å². The molecule has 6 nitrogen and oxygen atoms in total. The maximum atomic E-state index is 13.2. The summed E-state index contributed by atoms with van der Waals surface area (Å²) in [6, 6.07) is 3.96. The minimum atomic E-state index is -1.18. The number of nitrogens with one attached hydrogen (secondary N) is 2. The maximum Gasteiger partial charge on any atom is 0.322 e. The molecular weight excluding hydrogens is 255 g/mol. The quantitative estimate of drug-likeness (QED) is 0.704. The van der Waals surface area contributed by atoms with Gasteiger partial charge in [0.15, 0.2) is 0 Å². The molecule has 0 saturated heterocycles. The molecule has 0 aliphatic carbocycles. The number of aryl methyl sites for hydroxylation is 1. The number of carbonyl (C=O) groups is 3. The van der Waals surface area contributed by atoms with E-state index in [0.717, 1.165) is 6.07 Å². The lowest BCUT2D eigenvalue weighted by Gasteiger charge is -2.06. The Morgan fingerprint density at radius 3 is 2.47 bits per heavy atom. The topological polar surface area (TPSA) is 95.5 Å². The minimum Gasteiger partial charge on any atom is -0.480 e. The highest BCUT2D eigenvalue weighted by atomic mass is 19.1. The van der Waals surface area contributed by atoms with Gasteiger partial charge < -0.3 is 15.7 Å². The van der Waals surface area contributed by atoms with Crippen molar-refractivity contribution in [3.05, 3.63) is 35.1 Å². The molecule has 1 aromatic carbocycles. The fourth-order valence-electron chi connectivity index (χ4n) is 1.23. The Hall–Kier alpha value is -2.44. The zero-order valence-electron chi connectivity index (χ0n) is 10.2. The molecule has 3 N–H and O–H groups in total. The van der Waals surface area contributed by atoms with Gasteiger partial charge in [0.1, 0.15) is 12.4 Å². The van der Waals surface area contributed by atoms with Crippen LogP contribution in [0.4, 0.5) is 4.39 Å². The monoisotopic (exact) mass is 268 g/mol. The number of amides is 2. The zero-order chi connectivity index (χ0) is 14.4. The summed E-state index contributed by atoms with van der Waals surface area (Å²) in [4.78, 5) is 32.9. The van der Waals surface area contributed by atoms with E-state index in [1.54, 1.807) is 6.92 Å². The summed E-state index contributed by atoms with van der Waals surface area (Å²) in [5.41, 5.74) is 0.505. The lowest BCUT2D eigenvalue weighted by molar-refractivity contribution is -0.137. The maximum absolute atomic E-state index is 13.2. The molecule has 0 saturated carbocycles. The Bertz CT molecular complexity index is 516. The average molecular weight is 268 g/mol. The second kappa shape index (κ2) is 6.48. The number of carboxylic acids is 1. The Kier molecular flexibility index (Phi) is 4.99. The SMILES string of the molecule is Cc1ccc(C(=O)NCC(=O)NCC(=O)O)cc1F. The first-order valence-corrected chi connectivity index (χ1v) is 5.43. The van der Waals surface area contributed by atoms with E-state index >= 15 is 0 Å². The van der Waals surface area contributed by atoms with Crippen molar-refractivity contribution in [2.24, 2.45) is 0 Å². The molecule has 0 heterocycles. The van der Waals surface area contributed by atoms with Crippen LogP contribution in [0.2, 0.25) is 0 Å². The van der Waals surface area contributed by atoms with Gasteiger partial charge in [-0.25, -0.2) is 4.39 Å². The van der Waals surface area contributed by atoms with Gasteiger partial charge in [-0.2, -0.15) is 0 Å². The molecule has 0 atom stereocenters. The van der Waals surface area contributed by atoms with Crippen LogP contribution in [-0.4, -0.2) is 36.0 Å². The third kappa shape index (κ3) is 4.74. The molecule has 0 aliphatic rings. The van der Waals surface area contributed by atoms with Crippen molar-refractivity contribution in [1.29, 1.82) is 0 Å². The smallest absolute Gasteiger partial charge is 0.322 e. The fraction of sp³-hybridized carbons (Fsp3) is 0.250. The van der Waals surface area contributed by atoms with E-state index in [1.165, 1.54) is 12.1 Å². The van der Waals surface area contributed by atoms with Gasteiger partial charge in [0.2, 0.25) is 5.91 Å². The van der Waals surface area contributed by atoms with Crippen LogP contribution in [0, 0.1) is 12.7 Å². The first kappa shape index (κ1) is 14.6. The Labute approximate surface area is 108 Å². The van der Waals surface area contributed by atoms with Crippen LogP contribution in [0.1, 0.15) is 15.9 Å². The summed E-state index contributed by atoms with van der Waals surface area (Å²) in [5, 5.41) is 12.7. The van der Waals surface area contributed by atoms with E-state index in [-0.39, 0.29) is 12.1 Å².